The van der Waals surface area contributed by atoms with Crippen LogP contribution in [0, 0.1) is 0 Å². The maximum atomic E-state index is 6.45. The third kappa shape index (κ3) is 1.83. The summed E-state index contributed by atoms with van der Waals surface area (Å²) < 4.78 is 0. The average Bonchev–Trinajstić information content (AvgIpc) is 2.40. The van der Waals surface area contributed by atoms with Gasteiger partial charge in [-0.05, 0) is 41.2 Å². The number of fused-ring (bicyclic) bond motifs is 1. The quantitative estimate of drug-likeness (QED) is 0.893. The first-order valence-corrected chi connectivity index (χ1v) is 6.50. The summed E-state index contributed by atoms with van der Waals surface area (Å²) in [5, 5.41) is 0. The topological polar surface area (TPSA) is 38.9 Å². The molecule has 0 amide bonds. The Bertz CT molecular complexity index is 534. The predicted octanol–water partition coefficient (Wildman–Crippen LogP) is 2.85. The summed E-state index contributed by atoms with van der Waals surface area (Å²) >= 11 is 0. The van der Waals surface area contributed by atoms with E-state index in [4.69, 9.17) is 5.73 Å². The minimum atomic E-state index is 0.183. The molecule has 2 aromatic rings. The molecule has 0 radical (unpaired) electrons. The lowest BCUT2D eigenvalue weighted by Crippen LogP contribution is -2.39. The van der Waals surface area contributed by atoms with Crippen molar-refractivity contribution < 1.29 is 0 Å². The lowest BCUT2D eigenvalue weighted by molar-refractivity contribution is 0.431. The molecule has 3 unspecified atom stereocenters. The lowest BCUT2D eigenvalue weighted by Gasteiger charge is -2.37. The number of benzene rings is 1. The van der Waals surface area contributed by atoms with Crippen molar-refractivity contribution in [2.24, 2.45) is 5.73 Å². The fourth-order valence-electron chi connectivity index (χ4n) is 2.88. The molecular weight excluding hydrogens is 220 g/mol. The third-order valence-corrected chi connectivity index (χ3v) is 4.17. The van der Waals surface area contributed by atoms with E-state index in [9.17, 15) is 0 Å². The Balaban J connectivity index is 1.79. The molecule has 0 saturated heterocycles. The Kier molecular flexibility index (Phi) is 2.88. The van der Waals surface area contributed by atoms with Crippen molar-refractivity contribution in [3.05, 3.63) is 65.5 Å². The van der Waals surface area contributed by atoms with Crippen molar-refractivity contribution in [2.75, 3.05) is 0 Å². The van der Waals surface area contributed by atoms with Gasteiger partial charge >= 0.3 is 0 Å². The van der Waals surface area contributed by atoms with Gasteiger partial charge in [-0.1, -0.05) is 31.2 Å². The summed E-state index contributed by atoms with van der Waals surface area (Å²) in [5.74, 6) is 0.871. The van der Waals surface area contributed by atoms with Gasteiger partial charge in [0.1, 0.15) is 0 Å². The zero-order chi connectivity index (χ0) is 12.5. The molecule has 1 aromatic carbocycles. The molecule has 0 bridgehead atoms. The first-order chi connectivity index (χ1) is 8.77. The van der Waals surface area contributed by atoms with Gasteiger partial charge in [-0.25, -0.2) is 0 Å². The lowest BCUT2D eigenvalue weighted by atomic mass is 9.70. The number of rotatable bonds is 3. The number of pyridine rings is 1. The fourth-order valence-corrected chi connectivity index (χ4v) is 2.88. The van der Waals surface area contributed by atoms with Gasteiger partial charge < -0.3 is 5.73 Å². The van der Waals surface area contributed by atoms with Crippen molar-refractivity contribution in [2.45, 2.75) is 31.2 Å². The number of nitrogens with zero attached hydrogens (tertiary/aromatic N) is 1. The minimum absolute atomic E-state index is 0.183. The van der Waals surface area contributed by atoms with Crippen molar-refractivity contribution in [1.29, 1.82) is 0 Å². The first-order valence-electron chi connectivity index (χ1n) is 6.50. The monoisotopic (exact) mass is 238 g/mol. The van der Waals surface area contributed by atoms with E-state index in [-0.39, 0.29) is 6.04 Å². The van der Waals surface area contributed by atoms with Crippen LogP contribution in [0.2, 0.25) is 0 Å². The highest BCUT2D eigenvalue weighted by molar-refractivity contribution is 5.42. The normalized spacial score (nSPS) is 20.7. The molecule has 1 aliphatic rings. The van der Waals surface area contributed by atoms with Gasteiger partial charge in [-0.15, -0.1) is 0 Å². The molecule has 2 N–H and O–H groups in total. The van der Waals surface area contributed by atoms with E-state index in [0.29, 0.717) is 11.8 Å². The summed E-state index contributed by atoms with van der Waals surface area (Å²) in [5.41, 5.74) is 10.6. The van der Waals surface area contributed by atoms with Gasteiger partial charge in [-0.3, -0.25) is 4.98 Å². The molecule has 0 saturated carbocycles. The summed E-state index contributed by atoms with van der Waals surface area (Å²) in [6.45, 7) is 2.21. The molecule has 3 atom stereocenters. The van der Waals surface area contributed by atoms with Gasteiger partial charge in [0.15, 0.2) is 0 Å². The van der Waals surface area contributed by atoms with Crippen LogP contribution >= 0.6 is 0 Å². The third-order valence-electron chi connectivity index (χ3n) is 4.17. The SMILES string of the molecule is CC(c1ccncc1)C(N)C1Cc2ccccc21. The molecule has 0 fully saturated rings. The van der Waals surface area contributed by atoms with E-state index >= 15 is 0 Å². The van der Waals surface area contributed by atoms with Gasteiger partial charge in [0.25, 0.3) is 0 Å². The summed E-state index contributed by atoms with van der Waals surface area (Å²) in [7, 11) is 0. The zero-order valence-corrected chi connectivity index (χ0v) is 10.6. The van der Waals surface area contributed by atoms with Crippen LogP contribution in [0.1, 0.15) is 35.4 Å². The van der Waals surface area contributed by atoms with E-state index in [1.165, 1.54) is 16.7 Å². The maximum Gasteiger partial charge on any atom is 0.0270 e. The molecule has 1 aromatic heterocycles. The Morgan fingerprint density at radius 2 is 1.89 bits per heavy atom. The largest absolute Gasteiger partial charge is 0.327 e. The minimum Gasteiger partial charge on any atom is -0.327 e. The molecule has 3 rings (SSSR count). The number of hydrogen-bond donors (Lipinski definition) is 1. The van der Waals surface area contributed by atoms with Crippen LogP contribution in [0.15, 0.2) is 48.8 Å². The zero-order valence-electron chi connectivity index (χ0n) is 10.6. The second-order valence-corrected chi connectivity index (χ2v) is 5.16. The van der Waals surface area contributed by atoms with Crippen LogP contribution in [-0.4, -0.2) is 11.0 Å². The van der Waals surface area contributed by atoms with Crippen molar-refractivity contribution in [3.8, 4) is 0 Å². The van der Waals surface area contributed by atoms with Gasteiger partial charge in [0, 0.05) is 24.4 Å². The average molecular weight is 238 g/mol. The molecule has 1 aliphatic carbocycles. The van der Waals surface area contributed by atoms with E-state index < -0.39 is 0 Å². The Hall–Kier alpha value is -1.67. The van der Waals surface area contributed by atoms with Crippen LogP contribution in [0.5, 0.6) is 0 Å². The van der Waals surface area contributed by atoms with Crippen LogP contribution in [-0.2, 0) is 6.42 Å². The van der Waals surface area contributed by atoms with Crippen molar-refractivity contribution in [1.82, 2.24) is 4.98 Å². The molecular formula is C16H18N2. The molecule has 1 heterocycles. The smallest absolute Gasteiger partial charge is 0.0270 e. The van der Waals surface area contributed by atoms with E-state index in [1.807, 2.05) is 12.4 Å². The highest BCUT2D eigenvalue weighted by Crippen LogP contribution is 2.40. The van der Waals surface area contributed by atoms with Gasteiger partial charge in [0.2, 0.25) is 0 Å². The molecule has 18 heavy (non-hydrogen) atoms. The van der Waals surface area contributed by atoms with E-state index in [1.54, 1.807) is 0 Å². The van der Waals surface area contributed by atoms with Crippen LogP contribution in [0.3, 0.4) is 0 Å². The summed E-state index contributed by atoms with van der Waals surface area (Å²) in [4.78, 5) is 4.06. The van der Waals surface area contributed by atoms with Crippen LogP contribution < -0.4 is 5.73 Å². The predicted molar refractivity (Wildman–Crippen MR) is 73.5 cm³/mol. The van der Waals surface area contributed by atoms with Crippen LogP contribution in [0.25, 0.3) is 0 Å². The standard InChI is InChI=1S/C16H18N2/c1-11(12-6-8-18-9-7-12)16(17)15-10-13-4-2-3-5-14(13)15/h2-9,11,15-16H,10,17H2,1H3. The van der Waals surface area contributed by atoms with Crippen molar-refractivity contribution >= 4 is 0 Å². The molecule has 2 nitrogen and oxygen atoms in total. The molecule has 0 aliphatic heterocycles. The molecule has 92 valence electrons. The fraction of sp³-hybridized carbons (Fsp3) is 0.312. The second-order valence-electron chi connectivity index (χ2n) is 5.16. The second kappa shape index (κ2) is 4.54. The van der Waals surface area contributed by atoms with E-state index in [2.05, 4.69) is 48.3 Å². The Morgan fingerprint density at radius 3 is 2.61 bits per heavy atom. The molecule has 2 heteroatoms. The maximum absolute atomic E-state index is 6.45. The molecule has 0 spiro atoms. The van der Waals surface area contributed by atoms with Crippen LogP contribution in [0.4, 0.5) is 0 Å². The summed E-state index contributed by atoms with van der Waals surface area (Å²) in [6.07, 6.45) is 4.80. The first kappa shape index (κ1) is 11.4. The highest BCUT2D eigenvalue weighted by atomic mass is 14.7. The van der Waals surface area contributed by atoms with Gasteiger partial charge in [-0.2, -0.15) is 0 Å². The number of nitrogens with two attached hydrogens (primary N) is 1. The van der Waals surface area contributed by atoms with Gasteiger partial charge in [0.05, 0.1) is 0 Å². The van der Waals surface area contributed by atoms with Crippen molar-refractivity contribution in [3.63, 3.8) is 0 Å². The number of aromatic nitrogens is 1. The Labute approximate surface area is 108 Å². The van der Waals surface area contributed by atoms with E-state index in [0.717, 1.165) is 6.42 Å². The highest BCUT2D eigenvalue weighted by Gasteiger charge is 2.33. The Morgan fingerprint density at radius 1 is 1.17 bits per heavy atom. The number of hydrogen-bond acceptors (Lipinski definition) is 2. The summed E-state index contributed by atoms with van der Waals surface area (Å²) in [6, 6.07) is 12.9.